The molecule has 0 aromatic carbocycles. The van der Waals surface area contributed by atoms with Crippen LogP contribution in [0.3, 0.4) is 0 Å². The molecule has 0 fully saturated rings. The van der Waals surface area contributed by atoms with Crippen molar-refractivity contribution in [2.45, 2.75) is 162 Å². The average molecular weight is 563 g/mol. The van der Waals surface area contributed by atoms with Crippen LogP contribution in [0, 0.1) is 0 Å². The van der Waals surface area contributed by atoms with Crippen molar-refractivity contribution in [2.75, 3.05) is 33.0 Å². The number of carboxylic acids is 1. The van der Waals surface area contributed by atoms with Crippen molar-refractivity contribution in [1.29, 1.82) is 0 Å². The summed E-state index contributed by atoms with van der Waals surface area (Å²) in [5, 5.41) is 9.12. The molecule has 0 saturated carbocycles. The van der Waals surface area contributed by atoms with Crippen LogP contribution in [-0.4, -0.2) is 83.8 Å². The first-order valence-corrected chi connectivity index (χ1v) is 14.4. The van der Waals surface area contributed by atoms with Crippen LogP contribution in [0.2, 0.25) is 0 Å². The molecule has 1 N–H and O–H groups in total. The molecule has 0 aromatic heterocycles. The van der Waals surface area contributed by atoms with Crippen LogP contribution >= 0.6 is 0 Å². The summed E-state index contributed by atoms with van der Waals surface area (Å²) in [5.74, 6) is -0.879. The van der Waals surface area contributed by atoms with E-state index in [0.717, 1.165) is 12.8 Å². The quantitative estimate of drug-likeness (QED) is 0.173. The van der Waals surface area contributed by atoms with Crippen molar-refractivity contribution in [2.24, 2.45) is 0 Å². The number of carbonyl (C=O) groups is 1. The van der Waals surface area contributed by atoms with E-state index in [4.69, 9.17) is 33.5 Å². The molecule has 0 aliphatic rings. The lowest BCUT2D eigenvalue weighted by atomic mass is 10.0. The van der Waals surface area contributed by atoms with E-state index < -0.39 is 28.4 Å². The number of carboxylic acid groups (broad SMARTS) is 1. The van der Waals surface area contributed by atoms with Gasteiger partial charge in [-0.2, -0.15) is 0 Å². The predicted molar refractivity (Wildman–Crippen MR) is 157 cm³/mol. The van der Waals surface area contributed by atoms with Crippen molar-refractivity contribution in [3.8, 4) is 0 Å². The molecule has 0 unspecified atom stereocenters. The molecule has 0 rings (SSSR count). The number of aliphatic carboxylic acids is 1. The van der Waals surface area contributed by atoms with Gasteiger partial charge in [-0.3, -0.25) is 4.79 Å². The first-order valence-electron chi connectivity index (χ1n) is 14.4. The van der Waals surface area contributed by atoms with Gasteiger partial charge in [0.05, 0.1) is 59.8 Å². The van der Waals surface area contributed by atoms with Crippen LogP contribution in [0.1, 0.15) is 123 Å². The second-order valence-electron chi connectivity index (χ2n) is 15.0. The molecule has 0 bridgehead atoms. The van der Waals surface area contributed by atoms with Gasteiger partial charge in [-0.1, -0.05) is 0 Å². The van der Waals surface area contributed by atoms with Gasteiger partial charge < -0.3 is 33.5 Å². The lowest BCUT2D eigenvalue weighted by molar-refractivity contribution is -0.178. The maximum Gasteiger partial charge on any atom is 0.306 e. The lowest BCUT2D eigenvalue weighted by Gasteiger charge is -2.36. The van der Waals surface area contributed by atoms with Crippen LogP contribution < -0.4 is 0 Å². The Balaban J connectivity index is 5.22. The fourth-order valence-corrected chi connectivity index (χ4v) is 3.60. The molecule has 0 aromatic rings. The standard InChI is InChI=1S/C31H62O8/c1-26(2,3)34-18-15-28(7,8)37-22-24(23-38-29(9,10)16-19-35-27(4,5)6)39-30(11,12)17-20-36-31(13,14)21-25(32)33/h24H,15-23H2,1-14H3,(H,32,33). The molecule has 0 atom stereocenters. The minimum atomic E-state index is -0.879. The summed E-state index contributed by atoms with van der Waals surface area (Å²) in [5.41, 5.74) is -2.44. The summed E-state index contributed by atoms with van der Waals surface area (Å²) in [4.78, 5) is 11.1. The fourth-order valence-electron chi connectivity index (χ4n) is 3.60. The molecule has 8 nitrogen and oxygen atoms in total. The molecule has 39 heavy (non-hydrogen) atoms. The van der Waals surface area contributed by atoms with E-state index in [1.807, 2.05) is 55.4 Å². The molecule has 0 amide bonds. The van der Waals surface area contributed by atoms with Gasteiger partial charge in [-0.25, -0.2) is 0 Å². The van der Waals surface area contributed by atoms with Gasteiger partial charge in [0.2, 0.25) is 0 Å². The van der Waals surface area contributed by atoms with E-state index in [1.54, 1.807) is 13.8 Å². The van der Waals surface area contributed by atoms with E-state index in [9.17, 15) is 4.79 Å². The summed E-state index contributed by atoms with van der Waals surface area (Å²) in [7, 11) is 0. The SMILES string of the molecule is CC(C)(C)OCCC(C)(C)OCC(COC(C)(C)CCOC(C)(C)C)OC(C)(C)CCOC(C)(C)CC(=O)O. The van der Waals surface area contributed by atoms with Crippen LogP contribution in [0.25, 0.3) is 0 Å². The monoisotopic (exact) mass is 562 g/mol. The molecule has 0 aliphatic carbocycles. The summed E-state index contributed by atoms with van der Waals surface area (Å²) in [6.07, 6.45) is 1.74. The molecule has 0 radical (unpaired) electrons. The van der Waals surface area contributed by atoms with Gasteiger partial charge >= 0.3 is 5.97 Å². The summed E-state index contributed by atoms with van der Waals surface area (Å²) < 4.78 is 36.9. The molecule has 0 saturated heterocycles. The van der Waals surface area contributed by atoms with Gasteiger partial charge in [0.25, 0.3) is 0 Å². The molecule has 0 heterocycles. The summed E-state index contributed by atoms with van der Waals surface area (Å²) >= 11 is 0. The Morgan fingerprint density at radius 3 is 1.26 bits per heavy atom. The topological polar surface area (TPSA) is 92.7 Å². The highest BCUT2D eigenvalue weighted by molar-refractivity contribution is 5.67. The first kappa shape index (κ1) is 38.2. The highest BCUT2D eigenvalue weighted by atomic mass is 16.6. The fraction of sp³-hybridized carbons (Fsp3) is 0.968. The van der Waals surface area contributed by atoms with Crippen molar-refractivity contribution >= 4 is 5.97 Å². The zero-order valence-electron chi connectivity index (χ0n) is 27.7. The van der Waals surface area contributed by atoms with E-state index in [1.165, 1.54) is 0 Å². The lowest BCUT2D eigenvalue weighted by Crippen LogP contribution is -2.42. The van der Waals surface area contributed by atoms with Crippen molar-refractivity contribution in [1.82, 2.24) is 0 Å². The van der Waals surface area contributed by atoms with Gasteiger partial charge in [-0.05, 0) is 116 Å². The molecular formula is C31H62O8. The summed E-state index contributed by atoms with van der Waals surface area (Å²) in [6, 6.07) is 0. The van der Waals surface area contributed by atoms with Gasteiger partial charge in [0.15, 0.2) is 0 Å². The average Bonchev–Trinajstić information content (AvgIpc) is 2.66. The third kappa shape index (κ3) is 22.6. The van der Waals surface area contributed by atoms with Crippen molar-refractivity contribution in [3.63, 3.8) is 0 Å². The van der Waals surface area contributed by atoms with Gasteiger partial charge in [-0.15, -0.1) is 0 Å². The van der Waals surface area contributed by atoms with Gasteiger partial charge in [0, 0.05) is 13.2 Å². The second kappa shape index (κ2) is 15.5. The van der Waals surface area contributed by atoms with Crippen molar-refractivity contribution in [3.05, 3.63) is 0 Å². The first-order chi connectivity index (χ1) is 17.3. The Morgan fingerprint density at radius 2 is 0.897 bits per heavy atom. The molecule has 8 heteroatoms. The molecule has 0 aliphatic heterocycles. The van der Waals surface area contributed by atoms with E-state index in [2.05, 4.69) is 27.7 Å². The summed E-state index contributed by atoms with van der Waals surface area (Å²) in [6.45, 7) is 30.5. The normalized spacial score (nSPS) is 14.3. The largest absolute Gasteiger partial charge is 0.481 e. The Hall–Kier alpha value is -0.770. The Bertz CT molecular complexity index is 662. The zero-order chi connectivity index (χ0) is 30.8. The Labute approximate surface area is 239 Å². The number of rotatable bonds is 20. The smallest absolute Gasteiger partial charge is 0.306 e. The maximum absolute atomic E-state index is 11.1. The number of hydrogen-bond donors (Lipinski definition) is 1. The highest BCUT2D eigenvalue weighted by Crippen LogP contribution is 2.25. The number of ether oxygens (including phenoxy) is 6. The maximum atomic E-state index is 11.1. The van der Waals surface area contributed by atoms with Crippen LogP contribution in [-0.2, 0) is 33.2 Å². The molecule has 0 spiro atoms. The van der Waals surface area contributed by atoms with E-state index >= 15 is 0 Å². The predicted octanol–water partition coefficient (Wildman–Crippen LogP) is 6.81. The Kier molecular flexibility index (Phi) is 15.2. The van der Waals surface area contributed by atoms with Crippen molar-refractivity contribution < 1.29 is 38.3 Å². The molecule has 234 valence electrons. The van der Waals surface area contributed by atoms with Crippen LogP contribution in [0.5, 0.6) is 0 Å². The minimum absolute atomic E-state index is 0.0549. The third-order valence-corrected chi connectivity index (χ3v) is 6.06. The van der Waals surface area contributed by atoms with E-state index in [0.29, 0.717) is 39.5 Å². The third-order valence-electron chi connectivity index (χ3n) is 6.06. The van der Waals surface area contributed by atoms with E-state index in [-0.39, 0.29) is 23.7 Å². The number of hydrogen-bond acceptors (Lipinski definition) is 7. The van der Waals surface area contributed by atoms with Crippen LogP contribution in [0.15, 0.2) is 0 Å². The zero-order valence-corrected chi connectivity index (χ0v) is 27.7. The van der Waals surface area contributed by atoms with Gasteiger partial charge in [0.1, 0.15) is 6.10 Å². The highest BCUT2D eigenvalue weighted by Gasteiger charge is 2.31. The Morgan fingerprint density at radius 1 is 0.538 bits per heavy atom. The van der Waals surface area contributed by atoms with Crippen LogP contribution in [0.4, 0.5) is 0 Å². The second-order valence-corrected chi connectivity index (χ2v) is 15.0. The molecular weight excluding hydrogens is 500 g/mol. The minimum Gasteiger partial charge on any atom is -0.481 e.